The number of para-hydroxylation sites is 1. The van der Waals surface area contributed by atoms with Gasteiger partial charge in [-0.2, -0.15) is 0 Å². The van der Waals surface area contributed by atoms with Crippen molar-refractivity contribution >= 4 is 29.1 Å². The molecule has 0 radical (unpaired) electrons. The van der Waals surface area contributed by atoms with Crippen LogP contribution in [-0.2, 0) is 11.2 Å². The van der Waals surface area contributed by atoms with E-state index in [0.29, 0.717) is 17.4 Å². The minimum Gasteiger partial charge on any atom is -0.336 e. The number of carbonyl (C=O) groups excluding carboxylic acids is 2. The molecule has 2 aliphatic heterocycles. The molecule has 2 aliphatic rings. The van der Waals surface area contributed by atoms with E-state index in [-0.39, 0.29) is 24.3 Å². The molecule has 0 bridgehead atoms. The number of fused-ring (bicyclic) bond motifs is 3. The zero-order valence-electron chi connectivity index (χ0n) is 20.5. The highest BCUT2D eigenvalue weighted by atomic mass is 16.2. The molecule has 3 aromatic rings. The first-order valence-electron chi connectivity index (χ1n) is 12.3. The van der Waals surface area contributed by atoms with E-state index in [4.69, 9.17) is 4.98 Å². The smallest absolute Gasteiger partial charge is 0.254 e. The fourth-order valence-corrected chi connectivity index (χ4v) is 5.00. The Balaban J connectivity index is 1.36. The zero-order valence-corrected chi connectivity index (χ0v) is 20.5. The van der Waals surface area contributed by atoms with E-state index >= 15 is 0 Å². The van der Waals surface area contributed by atoms with Gasteiger partial charge in [-0.3, -0.25) is 9.59 Å². The number of likely N-dealkylation sites (N-methyl/N-ethyl adjacent to an activating group) is 1. The van der Waals surface area contributed by atoms with E-state index in [0.717, 1.165) is 47.6 Å². The monoisotopic (exact) mass is 469 g/mol. The molecule has 1 N–H and O–H groups in total. The van der Waals surface area contributed by atoms with Crippen LogP contribution in [0, 0.1) is 5.92 Å². The highest BCUT2D eigenvalue weighted by Crippen LogP contribution is 2.35. The number of piperidine rings is 1. The van der Waals surface area contributed by atoms with Crippen LogP contribution in [0.25, 0.3) is 11.3 Å². The third kappa shape index (κ3) is 4.50. The van der Waals surface area contributed by atoms with Gasteiger partial charge in [-0.15, -0.1) is 0 Å². The van der Waals surface area contributed by atoms with Gasteiger partial charge >= 0.3 is 0 Å². The molecule has 2 amide bonds. The van der Waals surface area contributed by atoms with E-state index in [1.54, 1.807) is 18.1 Å². The van der Waals surface area contributed by atoms with Crippen LogP contribution in [-0.4, -0.2) is 46.3 Å². The topological polar surface area (TPSA) is 78.4 Å². The van der Waals surface area contributed by atoms with Gasteiger partial charge in [0.2, 0.25) is 11.9 Å². The molecule has 1 fully saturated rings. The molecule has 2 aromatic carbocycles. The van der Waals surface area contributed by atoms with Crippen molar-refractivity contribution in [3.8, 4) is 11.3 Å². The summed E-state index contributed by atoms with van der Waals surface area (Å²) in [5, 5.41) is 3.25. The lowest BCUT2D eigenvalue weighted by molar-refractivity contribution is -0.117. The Morgan fingerprint density at radius 3 is 2.66 bits per heavy atom. The van der Waals surface area contributed by atoms with Crippen LogP contribution in [0.2, 0.25) is 0 Å². The van der Waals surface area contributed by atoms with Crippen LogP contribution in [0.3, 0.4) is 0 Å². The van der Waals surface area contributed by atoms with Gasteiger partial charge in [0.15, 0.2) is 0 Å². The van der Waals surface area contributed by atoms with Crippen molar-refractivity contribution in [1.29, 1.82) is 0 Å². The van der Waals surface area contributed by atoms with E-state index in [1.807, 2.05) is 53.4 Å². The Bertz CT molecular complexity index is 1260. The first-order chi connectivity index (χ1) is 16.9. The zero-order chi connectivity index (χ0) is 24.5. The van der Waals surface area contributed by atoms with Gasteiger partial charge in [-0.25, -0.2) is 9.97 Å². The number of hydrogen-bond donors (Lipinski definition) is 1. The largest absolute Gasteiger partial charge is 0.336 e. The maximum atomic E-state index is 13.2. The van der Waals surface area contributed by atoms with Gasteiger partial charge in [-0.05, 0) is 56.0 Å². The molecular weight excluding hydrogens is 438 g/mol. The SMILES string of the molecule is CCC1CCC(C)N(C(=O)c2ccc(Nc3ncc4c(n3)-c3ccccc3N(C)C(=O)C4)cc2)C1. The molecule has 0 aliphatic carbocycles. The number of hydrogen-bond acceptors (Lipinski definition) is 5. The number of amides is 2. The summed E-state index contributed by atoms with van der Waals surface area (Å²) in [4.78, 5) is 38.7. The summed E-state index contributed by atoms with van der Waals surface area (Å²) >= 11 is 0. The summed E-state index contributed by atoms with van der Waals surface area (Å²) in [6.07, 6.45) is 5.34. The van der Waals surface area contributed by atoms with Gasteiger partial charge in [0.25, 0.3) is 5.91 Å². The second-order valence-electron chi connectivity index (χ2n) is 9.57. The van der Waals surface area contributed by atoms with E-state index in [2.05, 4.69) is 24.1 Å². The first-order valence-corrected chi connectivity index (χ1v) is 12.3. The van der Waals surface area contributed by atoms with Gasteiger partial charge < -0.3 is 15.1 Å². The molecule has 7 nitrogen and oxygen atoms in total. The van der Waals surface area contributed by atoms with Crippen molar-refractivity contribution in [3.05, 3.63) is 65.9 Å². The summed E-state index contributed by atoms with van der Waals surface area (Å²) in [6.45, 7) is 5.17. The fourth-order valence-electron chi connectivity index (χ4n) is 5.00. The summed E-state index contributed by atoms with van der Waals surface area (Å²) in [5.74, 6) is 1.13. The maximum Gasteiger partial charge on any atom is 0.254 e. The molecule has 180 valence electrons. The molecule has 1 aromatic heterocycles. The second kappa shape index (κ2) is 9.49. The summed E-state index contributed by atoms with van der Waals surface area (Å²) in [6, 6.07) is 15.5. The summed E-state index contributed by atoms with van der Waals surface area (Å²) in [7, 11) is 1.79. The Labute approximate surface area is 206 Å². The second-order valence-corrected chi connectivity index (χ2v) is 9.57. The number of anilines is 3. The number of likely N-dealkylation sites (tertiary alicyclic amines) is 1. The minimum absolute atomic E-state index is 0.00838. The van der Waals surface area contributed by atoms with Gasteiger partial charge in [0.1, 0.15) is 0 Å². The molecular formula is C28H31N5O2. The van der Waals surface area contributed by atoms with Crippen molar-refractivity contribution in [3.63, 3.8) is 0 Å². The lowest BCUT2D eigenvalue weighted by Gasteiger charge is -2.38. The van der Waals surface area contributed by atoms with Crippen LogP contribution in [0.5, 0.6) is 0 Å². The fraction of sp³-hybridized carbons (Fsp3) is 0.357. The number of carbonyl (C=O) groups is 2. The third-order valence-electron chi connectivity index (χ3n) is 7.31. The standard InChI is InChI=1S/C28H31N5O2/c1-4-19-10-9-18(2)33(17-19)27(35)20-11-13-22(14-12-20)30-28-29-16-21-15-25(34)32(3)24-8-6-5-7-23(24)26(21)31-28/h5-8,11-14,16,18-19H,4,9-10,15,17H2,1-3H3,(H,29,30,31). The van der Waals surface area contributed by atoms with Crippen LogP contribution in [0.1, 0.15) is 49.0 Å². The van der Waals surface area contributed by atoms with Gasteiger partial charge in [0, 0.05) is 48.2 Å². The van der Waals surface area contributed by atoms with Crippen molar-refractivity contribution < 1.29 is 9.59 Å². The van der Waals surface area contributed by atoms with E-state index in [1.165, 1.54) is 6.42 Å². The molecule has 3 heterocycles. The van der Waals surface area contributed by atoms with Gasteiger partial charge in [-0.1, -0.05) is 31.5 Å². The van der Waals surface area contributed by atoms with Gasteiger partial charge in [0.05, 0.1) is 17.8 Å². The molecule has 0 spiro atoms. The molecule has 5 rings (SSSR count). The van der Waals surface area contributed by atoms with Crippen LogP contribution in [0.4, 0.5) is 17.3 Å². The Morgan fingerprint density at radius 2 is 1.89 bits per heavy atom. The summed E-state index contributed by atoms with van der Waals surface area (Å²) in [5.41, 5.74) is 4.79. The molecule has 2 atom stereocenters. The highest BCUT2D eigenvalue weighted by Gasteiger charge is 2.29. The van der Waals surface area contributed by atoms with Crippen LogP contribution < -0.4 is 10.2 Å². The Kier molecular flexibility index (Phi) is 6.24. The third-order valence-corrected chi connectivity index (χ3v) is 7.31. The average molecular weight is 470 g/mol. The van der Waals surface area contributed by atoms with Crippen LogP contribution >= 0.6 is 0 Å². The molecule has 2 unspecified atom stereocenters. The molecule has 7 heteroatoms. The Morgan fingerprint density at radius 1 is 1.11 bits per heavy atom. The molecule has 1 saturated heterocycles. The first kappa shape index (κ1) is 23.0. The number of rotatable bonds is 4. The average Bonchev–Trinajstić information content (AvgIpc) is 2.99. The lowest BCUT2D eigenvalue weighted by Crippen LogP contribution is -2.45. The van der Waals surface area contributed by atoms with Crippen molar-refractivity contribution in [2.75, 3.05) is 23.8 Å². The quantitative estimate of drug-likeness (QED) is 0.578. The lowest BCUT2D eigenvalue weighted by atomic mass is 9.91. The predicted molar refractivity (Wildman–Crippen MR) is 138 cm³/mol. The van der Waals surface area contributed by atoms with Crippen molar-refractivity contribution in [2.24, 2.45) is 5.92 Å². The maximum absolute atomic E-state index is 13.2. The number of nitrogens with one attached hydrogen (secondary N) is 1. The number of benzene rings is 2. The van der Waals surface area contributed by atoms with Crippen molar-refractivity contribution in [1.82, 2.24) is 14.9 Å². The Hall–Kier alpha value is -3.74. The number of nitrogens with zero attached hydrogens (tertiary/aromatic N) is 4. The molecule has 0 saturated carbocycles. The van der Waals surface area contributed by atoms with E-state index in [9.17, 15) is 9.59 Å². The van der Waals surface area contributed by atoms with Crippen molar-refractivity contribution in [2.45, 2.75) is 45.6 Å². The minimum atomic E-state index is 0.00838. The number of aromatic nitrogens is 2. The van der Waals surface area contributed by atoms with E-state index < -0.39 is 0 Å². The highest BCUT2D eigenvalue weighted by molar-refractivity contribution is 6.01. The normalized spacial score (nSPS) is 19.6. The molecule has 35 heavy (non-hydrogen) atoms. The predicted octanol–water partition coefficient (Wildman–Crippen LogP) is 5.06. The summed E-state index contributed by atoms with van der Waals surface area (Å²) < 4.78 is 0. The van der Waals surface area contributed by atoms with Crippen LogP contribution in [0.15, 0.2) is 54.7 Å².